The van der Waals surface area contributed by atoms with E-state index in [-0.39, 0.29) is 17.8 Å². The van der Waals surface area contributed by atoms with Crippen molar-refractivity contribution in [3.05, 3.63) is 5.82 Å². The lowest BCUT2D eigenvalue weighted by Crippen LogP contribution is -2.38. The van der Waals surface area contributed by atoms with E-state index in [0.29, 0.717) is 6.61 Å². The standard InChI is InChI=1S/C7H13N5O2/c1-3-5(4-14-2)8-7(13)6-9-11-12-10-6/h5H,3-4H2,1-2H3,(H,8,13)(H,9,10,11,12). The SMILES string of the molecule is CCC(COC)NC(=O)c1nn[nH]n1. The van der Waals surface area contributed by atoms with E-state index >= 15 is 0 Å². The highest BCUT2D eigenvalue weighted by atomic mass is 16.5. The minimum atomic E-state index is -0.345. The van der Waals surface area contributed by atoms with Crippen molar-refractivity contribution >= 4 is 5.91 Å². The smallest absolute Gasteiger partial charge is 0.293 e. The van der Waals surface area contributed by atoms with Gasteiger partial charge in [0.2, 0.25) is 0 Å². The maximum absolute atomic E-state index is 11.4. The van der Waals surface area contributed by atoms with E-state index in [9.17, 15) is 4.79 Å². The number of nitrogens with one attached hydrogen (secondary N) is 2. The molecule has 7 heteroatoms. The van der Waals surface area contributed by atoms with Crippen molar-refractivity contribution in [2.24, 2.45) is 0 Å². The molecular formula is C7H13N5O2. The Morgan fingerprint density at radius 3 is 3.00 bits per heavy atom. The third-order valence-corrected chi connectivity index (χ3v) is 1.74. The minimum absolute atomic E-state index is 0.0222. The van der Waals surface area contributed by atoms with Gasteiger partial charge in [0.1, 0.15) is 0 Å². The summed E-state index contributed by atoms with van der Waals surface area (Å²) in [5, 5.41) is 15.4. The summed E-state index contributed by atoms with van der Waals surface area (Å²) in [4.78, 5) is 11.4. The highest BCUT2D eigenvalue weighted by Crippen LogP contribution is 1.93. The molecule has 1 aromatic heterocycles. The fourth-order valence-electron chi connectivity index (χ4n) is 0.971. The van der Waals surface area contributed by atoms with Gasteiger partial charge >= 0.3 is 0 Å². The Bertz CT molecular complexity index is 274. The lowest BCUT2D eigenvalue weighted by Gasteiger charge is -2.13. The van der Waals surface area contributed by atoms with Crippen LogP contribution in [0.3, 0.4) is 0 Å². The van der Waals surface area contributed by atoms with Crippen LogP contribution in [0.25, 0.3) is 0 Å². The van der Waals surface area contributed by atoms with Gasteiger partial charge in [0.15, 0.2) is 0 Å². The van der Waals surface area contributed by atoms with Gasteiger partial charge in [-0.15, -0.1) is 10.2 Å². The molecule has 14 heavy (non-hydrogen) atoms. The van der Waals surface area contributed by atoms with Crippen LogP contribution >= 0.6 is 0 Å². The van der Waals surface area contributed by atoms with Crippen LogP contribution in [0.15, 0.2) is 0 Å². The molecule has 1 amide bonds. The number of ether oxygens (including phenoxy) is 1. The third kappa shape index (κ3) is 2.77. The number of hydrogen-bond acceptors (Lipinski definition) is 5. The van der Waals surface area contributed by atoms with Gasteiger partial charge in [-0.2, -0.15) is 5.21 Å². The fourth-order valence-corrected chi connectivity index (χ4v) is 0.971. The largest absolute Gasteiger partial charge is 0.383 e. The zero-order valence-corrected chi connectivity index (χ0v) is 8.15. The van der Waals surface area contributed by atoms with E-state index < -0.39 is 0 Å². The Morgan fingerprint density at radius 2 is 2.50 bits per heavy atom. The van der Waals surface area contributed by atoms with Crippen LogP contribution in [0.5, 0.6) is 0 Å². The maximum atomic E-state index is 11.4. The van der Waals surface area contributed by atoms with E-state index in [4.69, 9.17) is 4.74 Å². The number of hydrogen-bond donors (Lipinski definition) is 2. The van der Waals surface area contributed by atoms with E-state index in [0.717, 1.165) is 6.42 Å². The van der Waals surface area contributed by atoms with Crippen LogP contribution in [-0.2, 0) is 4.74 Å². The van der Waals surface area contributed by atoms with E-state index in [1.807, 2.05) is 6.92 Å². The van der Waals surface area contributed by atoms with Crippen molar-refractivity contribution in [3.63, 3.8) is 0 Å². The molecule has 1 aromatic rings. The predicted octanol–water partition coefficient (Wildman–Crippen LogP) is -0.646. The quantitative estimate of drug-likeness (QED) is 0.657. The van der Waals surface area contributed by atoms with Gasteiger partial charge in [0, 0.05) is 7.11 Å². The molecule has 0 saturated carbocycles. The highest BCUT2D eigenvalue weighted by Gasteiger charge is 2.14. The second kappa shape index (κ2) is 5.28. The first-order chi connectivity index (χ1) is 6.77. The molecule has 0 saturated heterocycles. The normalized spacial score (nSPS) is 12.4. The molecule has 0 bridgehead atoms. The number of amides is 1. The average molecular weight is 199 g/mol. The number of nitrogens with zero attached hydrogens (tertiary/aromatic N) is 3. The molecule has 0 fully saturated rings. The molecule has 0 spiro atoms. The van der Waals surface area contributed by atoms with Crippen LogP contribution in [-0.4, -0.2) is 46.3 Å². The summed E-state index contributed by atoms with van der Waals surface area (Å²) in [6.07, 6.45) is 0.789. The van der Waals surface area contributed by atoms with Crippen molar-refractivity contribution in [1.82, 2.24) is 25.9 Å². The molecule has 0 radical (unpaired) electrons. The summed E-state index contributed by atoms with van der Waals surface area (Å²) < 4.78 is 4.93. The fraction of sp³-hybridized carbons (Fsp3) is 0.714. The van der Waals surface area contributed by atoms with Crippen molar-refractivity contribution in [3.8, 4) is 0 Å². The zero-order valence-electron chi connectivity index (χ0n) is 8.15. The van der Waals surface area contributed by atoms with E-state index in [1.165, 1.54) is 0 Å². The number of aromatic nitrogens is 4. The number of tetrazole rings is 1. The first-order valence-corrected chi connectivity index (χ1v) is 4.31. The number of carbonyl (C=O) groups is 1. The molecule has 2 N–H and O–H groups in total. The monoisotopic (exact) mass is 199 g/mol. The lowest BCUT2D eigenvalue weighted by atomic mass is 10.2. The second-order valence-corrected chi connectivity index (χ2v) is 2.77. The van der Waals surface area contributed by atoms with Gasteiger partial charge in [0.05, 0.1) is 12.6 Å². The zero-order chi connectivity index (χ0) is 10.4. The number of rotatable bonds is 5. The van der Waals surface area contributed by atoms with Gasteiger partial charge in [-0.05, 0) is 11.6 Å². The van der Waals surface area contributed by atoms with Crippen molar-refractivity contribution in [2.75, 3.05) is 13.7 Å². The topological polar surface area (TPSA) is 92.8 Å². The number of methoxy groups -OCH3 is 1. The number of H-pyrrole nitrogens is 1. The molecule has 78 valence electrons. The first kappa shape index (κ1) is 10.6. The van der Waals surface area contributed by atoms with Gasteiger partial charge in [0.25, 0.3) is 11.7 Å². The molecule has 1 unspecified atom stereocenters. The van der Waals surface area contributed by atoms with Crippen LogP contribution < -0.4 is 5.32 Å². The van der Waals surface area contributed by atoms with Crippen molar-refractivity contribution in [1.29, 1.82) is 0 Å². The summed E-state index contributed by atoms with van der Waals surface area (Å²) in [6.45, 7) is 2.43. The molecular weight excluding hydrogens is 186 g/mol. The first-order valence-electron chi connectivity index (χ1n) is 4.31. The molecule has 1 rings (SSSR count). The Labute approximate surface area is 81.2 Å². The van der Waals surface area contributed by atoms with Crippen molar-refractivity contribution < 1.29 is 9.53 Å². The van der Waals surface area contributed by atoms with Gasteiger partial charge in [-0.1, -0.05) is 6.92 Å². The Morgan fingerprint density at radius 1 is 1.71 bits per heavy atom. The molecule has 1 heterocycles. The Kier molecular flexibility index (Phi) is 3.99. The van der Waals surface area contributed by atoms with Gasteiger partial charge in [-0.3, -0.25) is 4.79 Å². The van der Waals surface area contributed by atoms with Crippen LogP contribution in [0.1, 0.15) is 24.0 Å². The summed E-state index contributed by atoms with van der Waals surface area (Å²) in [6, 6.07) is -0.0222. The molecule has 0 aliphatic heterocycles. The molecule has 0 aliphatic rings. The summed E-state index contributed by atoms with van der Waals surface area (Å²) >= 11 is 0. The van der Waals surface area contributed by atoms with E-state index in [2.05, 4.69) is 25.9 Å². The van der Waals surface area contributed by atoms with E-state index in [1.54, 1.807) is 7.11 Å². The Hall–Kier alpha value is -1.50. The Balaban J connectivity index is 2.47. The number of aromatic amines is 1. The molecule has 0 aliphatic carbocycles. The molecule has 7 nitrogen and oxygen atoms in total. The van der Waals surface area contributed by atoms with Gasteiger partial charge < -0.3 is 10.1 Å². The molecule has 0 aromatic carbocycles. The third-order valence-electron chi connectivity index (χ3n) is 1.74. The highest BCUT2D eigenvalue weighted by molar-refractivity contribution is 5.90. The lowest BCUT2D eigenvalue weighted by molar-refractivity contribution is 0.0884. The van der Waals surface area contributed by atoms with Crippen molar-refractivity contribution in [2.45, 2.75) is 19.4 Å². The van der Waals surface area contributed by atoms with Crippen LogP contribution in [0.4, 0.5) is 0 Å². The molecule has 1 atom stereocenters. The summed E-state index contributed by atoms with van der Waals surface area (Å²) in [5.74, 6) is -0.304. The summed E-state index contributed by atoms with van der Waals surface area (Å²) in [7, 11) is 1.59. The predicted molar refractivity (Wildman–Crippen MR) is 47.6 cm³/mol. The van der Waals surface area contributed by atoms with Crippen LogP contribution in [0, 0.1) is 0 Å². The maximum Gasteiger partial charge on any atom is 0.293 e. The second-order valence-electron chi connectivity index (χ2n) is 2.77. The summed E-state index contributed by atoms with van der Waals surface area (Å²) in [5.41, 5.74) is 0. The number of carbonyl (C=O) groups excluding carboxylic acids is 1. The van der Waals surface area contributed by atoms with Crippen LogP contribution in [0.2, 0.25) is 0 Å². The van der Waals surface area contributed by atoms with Gasteiger partial charge in [-0.25, -0.2) is 0 Å². The minimum Gasteiger partial charge on any atom is -0.383 e. The average Bonchev–Trinajstić information content (AvgIpc) is 2.69.